The molecule has 0 bridgehead atoms. The van der Waals surface area contributed by atoms with E-state index < -0.39 is 11.9 Å². The molecule has 0 radical (unpaired) electrons. The van der Waals surface area contributed by atoms with Crippen LogP contribution >= 0.6 is 11.6 Å². The average molecular weight is 284 g/mol. The molecular formula is C15H22ClNO2. The number of hydrogen-bond acceptors (Lipinski definition) is 2. The first kappa shape index (κ1) is 16.0. The molecule has 0 spiro atoms. The fourth-order valence-corrected chi connectivity index (χ4v) is 2.48. The molecule has 0 saturated carbocycles. The lowest BCUT2D eigenvalue weighted by Gasteiger charge is -2.19. The van der Waals surface area contributed by atoms with Gasteiger partial charge in [-0.15, -0.1) is 0 Å². The van der Waals surface area contributed by atoms with Gasteiger partial charge in [0.1, 0.15) is 0 Å². The molecule has 0 aliphatic rings. The topological polar surface area (TPSA) is 63.3 Å². The molecule has 0 aliphatic carbocycles. The summed E-state index contributed by atoms with van der Waals surface area (Å²) in [5.41, 5.74) is 6.63. The molecule has 3 N–H and O–H groups in total. The highest BCUT2D eigenvalue weighted by Gasteiger charge is 2.20. The molecule has 0 aliphatic heterocycles. The molecule has 0 fully saturated rings. The Balaban J connectivity index is 2.53. The van der Waals surface area contributed by atoms with Crippen LogP contribution in [0.5, 0.6) is 0 Å². The zero-order chi connectivity index (χ0) is 14.3. The first-order valence-corrected chi connectivity index (χ1v) is 7.12. The van der Waals surface area contributed by atoms with E-state index in [1.165, 1.54) is 0 Å². The third-order valence-electron chi connectivity index (χ3n) is 3.61. The number of carboxylic acids is 1. The maximum absolute atomic E-state index is 11.0. The van der Waals surface area contributed by atoms with E-state index in [0.29, 0.717) is 12.3 Å². The first-order chi connectivity index (χ1) is 9.08. The minimum Gasteiger partial charge on any atom is -0.481 e. The molecule has 3 nitrogen and oxygen atoms in total. The number of carbonyl (C=O) groups is 1. The van der Waals surface area contributed by atoms with Gasteiger partial charge in [0.15, 0.2) is 0 Å². The van der Waals surface area contributed by atoms with E-state index in [2.05, 4.69) is 6.92 Å². The Hall–Kier alpha value is -1.06. The van der Waals surface area contributed by atoms with Gasteiger partial charge in [0.25, 0.3) is 0 Å². The van der Waals surface area contributed by atoms with E-state index >= 15 is 0 Å². The highest BCUT2D eigenvalue weighted by molar-refractivity contribution is 6.31. The Labute approximate surface area is 119 Å². The minimum atomic E-state index is -0.793. The van der Waals surface area contributed by atoms with E-state index in [0.717, 1.165) is 29.8 Å². The van der Waals surface area contributed by atoms with Crippen LogP contribution in [0.4, 0.5) is 0 Å². The molecular weight excluding hydrogens is 262 g/mol. The van der Waals surface area contributed by atoms with Crippen molar-refractivity contribution in [1.82, 2.24) is 0 Å². The molecule has 2 atom stereocenters. The van der Waals surface area contributed by atoms with Crippen molar-refractivity contribution in [2.24, 2.45) is 17.6 Å². The lowest BCUT2D eigenvalue weighted by atomic mass is 9.88. The first-order valence-electron chi connectivity index (χ1n) is 6.74. The summed E-state index contributed by atoms with van der Waals surface area (Å²) in [7, 11) is 0. The van der Waals surface area contributed by atoms with Crippen LogP contribution in [0.15, 0.2) is 24.3 Å². The lowest BCUT2D eigenvalue weighted by molar-refractivity contribution is -0.142. The Bertz CT molecular complexity index is 409. The van der Waals surface area contributed by atoms with Crippen LogP contribution in [0, 0.1) is 11.8 Å². The maximum Gasteiger partial charge on any atom is 0.307 e. The molecule has 106 valence electrons. The van der Waals surface area contributed by atoms with Gasteiger partial charge < -0.3 is 10.8 Å². The molecule has 0 saturated heterocycles. The molecule has 1 rings (SSSR count). The van der Waals surface area contributed by atoms with Crippen LogP contribution in [0.3, 0.4) is 0 Å². The Morgan fingerprint density at radius 3 is 2.63 bits per heavy atom. The third-order valence-corrected chi connectivity index (χ3v) is 3.98. The number of rotatable bonds is 8. The van der Waals surface area contributed by atoms with Crippen LogP contribution in [0.1, 0.15) is 31.7 Å². The molecule has 0 aromatic heterocycles. The van der Waals surface area contributed by atoms with Crippen molar-refractivity contribution < 1.29 is 9.90 Å². The Kier molecular flexibility index (Phi) is 6.89. The summed E-state index contributed by atoms with van der Waals surface area (Å²) < 4.78 is 0. The van der Waals surface area contributed by atoms with E-state index in [-0.39, 0.29) is 6.54 Å². The lowest BCUT2D eigenvalue weighted by Crippen LogP contribution is -2.26. The summed E-state index contributed by atoms with van der Waals surface area (Å²) in [6, 6.07) is 7.80. The van der Waals surface area contributed by atoms with Crippen LogP contribution in [-0.2, 0) is 11.2 Å². The normalized spacial score (nSPS) is 14.1. The van der Waals surface area contributed by atoms with Crippen molar-refractivity contribution in [3.63, 3.8) is 0 Å². The largest absolute Gasteiger partial charge is 0.481 e. The molecule has 1 aromatic rings. The number of hydrogen-bond donors (Lipinski definition) is 2. The van der Waals surface area contributed by atoms with Crippen LogP contribution in [-0.4, -0.2) is 17.6 Å². The van der Waals surface area contributed by atoms with E-state index in [1.807, 2.05) is 24.3 Å². The quantitative estimate of drug-likeness (QED) is 0.769. The molecule has 4 heteroatoms. The van der Waals surface area contributed by atoms with Gasteiger partial charge in [-0.25, -0.2) is 0 Å². The fraction of sp³-hybridized carbons (Fsp3) is 0.533. The number of aryl methyl sites for hydroxylation is 1. The highest BCUT2D eigenvalue weighted by Crippen LogP contribution is 2.24. The van der Waals surface area contributed by atoms with Crippen molar-refractivity contribution in [2.45, 2.75) is 32.6 Å². The summed E-state index contributed by atoms with van der Waals surface area (Å²) >= 11 is 6.12. The predicted octanol–water partition coefficient (Wildman–Crippen LogP) is 3.35. The van der Waals surface area contributed by atoms with Crippen LogP contribution in [0.2, 0.25) is 5.02 Å². The summed E-state index contributed by atoms with van der Waals surface area (Å²) in [4.78, 5) is 11.0. The molecule has 19 heavy (non-hydrogen) atoms. The van der Waals surface area contributed by atoms with Gasteiger partial charge in [0.05, 0.1) is 5.92 Å². The van der Waals surface area contributed by atoms with Crippen LogP contribution in [0.25, 0.3) is 0 Å². The van der Waals surface area contributed by atoms with Gasteiger partial charge in [-0.2, -0.15) is 0 Å². The van der Waals surface area contributed by atoms with Crippen molar-refractivity contribution in [3.05, 3.63) is 34.9 Å². The highest BCUT2D eigenvalue weighted by atomic mass is 35.5. The fourth-order valence-electron chi connectivity index (χ4n) is 2.25. The predicted molar refractivity (Wildman–Crippen MR) is 78.4 cm³/mol. The van der Waals surface area contributed by atoms with Gasteiger partial charge >= 0.3 is 5.97 Å². The van der Waals surface area contributed by atoms with Crippen LogP contribution < -0.4 is 5.73 Å². The zero-order valence-electron chi connectivity index (χ0n) is 11.3. The van der Waals surface area contributed by atoms with E-state index in [9.17, 15) is 4.79 Å². The second-order valence-corrected chi connectivity index (χ2v) is 5.32. The average Bonchev–Trinajstić information content (AvgIpc) is 2.40. The van der Waals surface area contributed by atoms with E-state index in [1.54, 1.807) is 0 Å². The Morgan fingerprint density at radius 2 is 2.11 bits per heavy atom. The molecule has 2 unspecified atom stereocenters. The summed E-state index contributed by atoms with van der Waals surface area (Å²) in [5.74, 6) is -0.851. The second-order valence-electron chi connectivity index (χ2n) is 4.91. The van der Waals surface area contributed by atoms with Crippen molar-refractivity contribution in [1.29, 1.82) is 0 Å². The number of halogens is 1. The standard InChI is InChI=1S/C15H22ClNO2/c1-2-11(9-13(10-17)15(18)19)7-8-12-5-3-4-6-14(12)16/h3-6,11,13H,2,7-10,17H2,1H3,(H,18,19). The number of aliphatic carboxylic acids is 1. The van der Waals surface area contributed by atoms with Gasteiger partial charge in [-0.1, -0.05) is 43.1 Å². The SMILES string of the molecule is CCC(CCc1ccccc1Cl)CC(CN)C(=O)O. The monoisotopic (exact) mass is 283 g/mol. The Morgan fingerprint density at radius 1 is 1.42 bits per heavy atom. The maximum atomic E-state index is 11.0. The molecule has 0 heterocycles. The van der Waals surface area contributed by atoms with Gasteiger partial charge in [0.2, 0.25) is 0 Å². The van der Waals surface area contributed by atoms with Gasteiger partial charge in [-0.05, 0) is 36.8 Å². The van der Waals surface area contributed by atoms with Gasteiger partial charge in [0, 0.05) is 11.6 Å². The zero-order valence-corrected chi connectivity index (χ0v) is 12.1. The summed E-state index contributed by atoms with van der Waals surface area (Å²) in [6.07, 6.45) is 3.44. The second kappa shape index (κ2) is 8.18. The molecule has 0 amide bonds. The van der Waals surface area contributed by atoms with Crippen molar-refractivity contribution >= 4 is 17.6 Å². The number of nitrogens with two attached hydrogens (primary N) is 1. The third kappa shape index (κ3) is 5.21. The van der Waals surface area contributed by atoms with Crippen molar-refractivity contribution in [3.8, 4) is 0 Å². The van der Waals surface area contributed by atoms with E-state index in [4.69, 9.17) is 22.4 Å². The smallest absolute Gasteiger partial charge is 0.307 e. The van der Waals surface area contributed by atoms with Crippen molar-refractivity contribution in [2.75, 3.05) is 6.54 Å². The summed E-state index contributed by atoms with van der Waals surface area (Å²) in [6.45, 7) is 2.30. The minimum absolute atomic E-state index is 0.206. The van der Waals surface area contributed by atoms with Gasteiger partial charge in [-0.3, -0.25) is 4.79 Å². The number of benzene rings is 1. The summed E-state index contributed by atoms with van der Waals surface area (Å²) in [5, 5.41) is 9.83. The number of carboxylic acid groups (broad SMARTS) is 1. The molecule has 1 aromatic carbocycles.